The van der Waals surface area contributed by atoms with Gasteiger partial charge in [-0.2, -0.15) is 0 Å². The molecule has 4 heterocycles. The fourth-order valence-electron chi connectivity index (χ4n) is 4.48. The summed E-state index contributed by atoms with van der Waals surface area (Å²) in [6, 6.07) is 18.3. The summed E-state index contributed by atoms with van der Waals surface area (Å²) in [5.41, 5.74) is 4.91. The molecule has 39 heavy (non-hydrogen) atoms. The molecule has 0 saturated heterocycles. The van der Waals surface area contributed by atoms with E-state index in [1.807, 2.05) is 48.6 Å². The highest BCUT2D eigenvalue weighted by atomic mass is 35.5. The van der Waals surface area contributed by atoms with Crippen molar-refractivity contribution >= 4 is 52.2 Å². The molecule has 1 aliphatic heterocycles. The quantitative estimate of drug-likeness (QED) is 0.280. The van der Waals surface area contributed by atoms with Gasteiger partial charge in [0, 0.05) is 35.0 Å². The van der Waals surface area contributed by atoms with Gasteiger partial charge >= 0.3 is 0 Å². The second-order valence-electron chi connectivity index (χ2n) is 9.01. The fraction of sp³-hybridized carbons (Fsp3) is 0.103. The number of aromatic nitrogens is 5. The maximum Gasteiger partial charge on any atom is 0.261 e. The van der Waals surface area contributed by atoms with Gasteiger partial charge in [-0.25, -0.2) is 4.98 Å². The number of rotatable bonds is 8. The average molecular weight is 536 g/mol. The minimum atomic E-state index is -0.316. The van der Waals surface area contributed by atoms with E-state index in [2.05, 4.69) is 20.6 Å². The van der Waals surface area contributed by atoms with E-state index in [4.69, 9.17) is 16.6 Å². The Morgan fingerprint density at radius 2 is 1.69 bits per heavy atom. The van der Waals surface area contributed by atoms with Crippen LogP contribution in [0, 0.1) is 0 Å². The fourth-order valence-corrected chi connectivity index (χ4v) is 4.65. The van der Waals surface area contributed by atoms with Crippen molar-refractivity contribution in [1.29, 1.82) is 0 Å². The van der Waals surface area contributed by atoms with Crippen molar-refractivity contribution in [2.75, 3.05) is 11.9 Å². The number of benzene rings is 2. The lowest BCUT2D eigenvalue weighted by molar-refractivity contribution is 0.0640. The summed E-state index contributed by atoms with van der Waals surface area (Å²) in [5.74, 6) is -0.632. The number of pyridine rings is 2. The van der Waals surface area contributed by atoms with Crippen LogP contribution in [0.3, 0.4) is 0 Å². The normalized spacial score (nSPS) is 13.0. The van der Waals surface area contributed by atoms with Crippen molar-refractivity contribution in [1.82, 2.24) is 29.9 Å². The van der Waals surface area contributed by atoms with Crippen LogP contribution in [0.4, 0.5) is 5.69 Å². The molecule has 1 N–H and O–H groups in total. The molecule has 9 nitrogen and oxygen atoms in total. The third kappa shape index (κ3) is 5.12. The lowest BCUT2D eigenvalue weighted by Gasteiger charge is -2.12. The zero-order valence-electron chi connectivity index (χ0n) is 20.7. The van der Waals surface area contributed by atoms with E-state index in [-0.39, 0.29) is 18.4 Å². The summed E-state index contributed by atoms with van der Waals surface area (Å²) in [5, 5.41) is 13.3. The van der Waals surface area contributed by atoms with Crippen molar-refractivity contribution < 1.29 is 9.59 Å². The van der Waals surface area contributed by atoms with Gasteiger partial charge in [0.1, 0.15) is 5.69 Å². The molecule has 192 valence electrons. The first-order valence-corrected chi connectivity index (χ1v) is 12.7. The molecule has 0 fully saturated rings. The molecule has 2 aromatic carbocycles. The smallest absolute Gasteiger partial charge is 0.261 e. The molecule has 0 unspecified atom stereocenters. The number of hydrogen-bond donors (Lipinski definition) is 1. The van der Waals surface area contributed by atoms with E-state index in [0.717, 1.165) is 27.8 Å². The van der Waals surface area contributed by atoms with Crippen molar-refractivity contribution in [2.24, 2.45) is 0 Å². The van der Waals surface area contributed by atoms with Crippen LogP contribution in [0.5, 0.6) is 0 Å². The third-order valence-electron chi connectivity index (χ3n) is 6.38. The van der Waals surface area contributed by atoms with Crippen molar-refractivity contribution in [2.45, 2.75) is 13.1 Å². The summed E-state index contributed by atoms with van der Waals surface area (Å²) < 4.78 is 1.68. The third-order valence-corrected chi connectivity index (χ3v) is 6.62. The zero-order valence-corrected chi connectivity index (χ0v) is 21.4. The number of nitrogens with one attached hydrogen (secondary N) is 1. The maximum atomic E-state index is 12.7. The number of anilines is 1. The van der Waals surface area contributed by atoms with Gasteiger partial charge in [-0.3, -0.25) is 24.2 Å². The molecule has 0 spiro atoms. The Bertz CT molecular complexity index is 1700. The van der Waals surface area contributed by atoms with Gasteiger partial charge < -0.3 is 5.32 Å². The zero-order chi connectivity index (χ0) is 26.8. The van der Waals surface area contributed by atoms with Crippen molar-refractivity contribution in [3.63, 3.8) is 0 Å². The average Bonchev–Trinajstić information content (AvgIpc) is 3.51. The van der Waals surface area contributed by atoms with Crippen LogP contribution in [0.15, 0.2) is 79.3 Å². The van der Waals surface area contributed by atoms with Gasteiger partial charge in [-0.15, -0.1) is 5.10 Å². The lowest BCUT2D eigenvalue weighted by atomic mass is 10.1. The molecule has 6 rings (SSSR count). The second-order valence-corrected chi connectivity index (χ2v) is 9.45. The van der Waals surface area contributed by atoms with E-state index in [9.17, 15) is 9.59 Å². The molecular weight excluding hydrogens is 514 g/mol. The Labute approximate surface area is 228 Å². The molecule has 0 bridgehead atoms. The molecule has 0 aliphatic carbocycles. The summed E-state index contributed by atoms with van der Waals surface area (Å²) >= 11 is 6.27. The highest BCUT2D eigenvalue weighted by Gasteiger charge is 2.35. The first-order chi connectivity index (χ1) is 19.0. The minimum Gasteiger partial charge on any atom is -0.383 e. The van der Waals surface area contributed by atoms with Gasteiger partial charge in [0.15, 0.2) is 0 Å². The summed E-state index contributed by atoms with van der Waals surface area (Å²) in [6.07, 6.45) is 9.18. The Hall–Kier alpha value is -4.89. The number of carbonyl (C=O) groups is 2. The Kier molecular flexibility index (Phi) is 6.56. The van der Waals surface area contributed by atoms with E-state index in [0.29, 0.717) is 34.9 Å². The van der Waals surface area contributed by atoms with Gasteiger partial charge in [0.2, 0.25) is 0 Å². The molecule has 0 saturated carbocycles. The molecule has 2 amide bonds. The van der Waals surface area contributed by atoms with Crippen LogP contribution in [-0.2, 0) is 13.1 Å². The molecule has 0 atom stereocenters. The predicted molar refractivity (Wildman–Crippen MR) is 149 cm³/mol. The van der Waals surface area contributed by atoms with Crippen LogP contribution in [0.1, 0.15) is 37.7 Å². The number of fused-ring (bicyclic) bond motifs is 2. The second kappa shape index (κ2) is 10.5. The molecular formula is C29H22ClN7O2. The van der Waals surface area contributed by atoms with Crippen LogP contribution in [0.2, 0.25) is 5.02 Å². The Morgan fingerprint density at radius 3 is 2.46 bits per heavy atom. The topological polar surface area (TPSA) is 106 Å². The van der Waals surface area contributed by atoms with Crippen LogP contribution < -0.4 is 5.32 Å². The number of amides is 2. The number of imide groups is 1. The summed E-state index contributed by atoms with van der Waals surface area (Å²) in [6.45, 7) is 1.14. The number of hydrogen-bond acceptors (Lipinski definition) is 7. The lowest BCUT2D eigenvalue weighted by Crippen LogP contribution is -2.29. The highest BCUT2D eigenvalue weighted by molar-refractivity contribution is 6.31. The Morgan fingerprint density at radius 1 is 0.923 bits per heavy atom. The van der Waals surface area contributed by atoms with Gasteiger partial charge in [-0.05, 0) is 60.2 Å². The largest absolute Gasteiger partial charge is 0.383 e. The maximum absolute atomic E-state index is 12.7. The van der Waals surface area contributed by atoms with Gasteiger partial charge in [0.05, 0.1) is 41.6 Å². The summed E-state index contributed by atoms with van der Waals surface area (Å²) in [7, 11) is 0. The molecule has 5 aromatic rings. The monoisotopic (exact) mass is 535 g/mol. The van der Waals surface area contributed by atoms with Crippen molar-refractivity contribution in [3.8, 4) is 0 Å². The minimum absolute atomic E-state index is 0.0699. The molecule has 10 heteroatoms. The highest BCUT2D eigenvalue weighted by Crippen LogP contribution is 2.27. The molecule has 0 radical (unpaired) electrons. The molecule has 1 aliphatic rings. The first kappa shape index (κ1) is 24.4. The van der Waals surface area contributed by atoms with Crippen LogP contribution in [-0.4, -0.2) is 48.2 Å². The number of carbonyl (C=O) groups excluding carboxylic acids is 2. The Balaban J connectivity index is 1.14. The van der Waals surface area contributed by atoms with E-state index in [1.54, 1.807) is 47.5 Å². The van der Waals surface area contributed by atoms with E-state index >= 15 is 0 Å². The molecule has 3 aromatic heterocycles. The van der Waals surface area contributed by atoms with E-state index in [1.165, 1.54) is 4.90 Å². The standard InChI is InChI=1S/C29H22ClN7O2/c30-20-6-8-26-25(15-20)27(16-21(33-26)7-5-19-9-11-31-12-10-19)32-13-14-36-17-22(34-35-36)18-37-28(38)23-3-1-2-4-24(23)29(37)39/h1-12,15-17H,13-14,18H2,(H,32,33)/b7-5+. The van der Waals surface area contributed by atoms with E-state index < -0.39 is 0 Å². The predicted octanol–water partition coefficient (Wildman–Crippen LogP) is 4.95. The van der Waals surface area contributed by atoms with Crippen LogP contribution in [0.25, 0.3) is 23.1 Å². The van der Waals surface area contributed by atoms with Crippen LogP contribution >= 0.6 is 11.6 Å². The number of nitrogens with zero attached hydrogens (tertiary/aromatic N) is 6. The van der Waals surface area contributed by atoms with Gasteiger partial charge in [0.25, 0.3) is 11.8 Å². The first-order valence-electron chi connectivity index (χ1n) is 12.3. The summed E-state index contributed by atoms with van der Waals surface area (Å²) in [4.78, 5) is 35.3. The SMILES string of the molecule is O=C1c2ccccc2C(=O)N1Cc1cn(CCNc2cc(/C=C/c3ccncc3)nc3ccc(Cl)cc23)nn1. The number of halogens is 1. The van der Waals surface area contributed by atoms with Gasteiger partial charge in [-0.1, -0.05) is 35.0 Å². The van der Waals surface area contributed by atoms with Crippen molar-refractivity contribution in [3.05, 3.63) is 112 Å².